The molecule has 1 aromatic carbocycles. The first kappa shape index (κ1) is 9.70. The van der Waals surface area contributed by atoms with E-state index in [2.05, 4.69) is 22.0 Å². The molecule has 0 aliphatic heterocycles. The molecule has 1 atom stereocenters. The Morgan fingerprint density at radius 3 is 3.00 bits per heavy atom. The van der Waals surface area contributed by atoms with Gasteiger partial charge in [0.15, 0.2) is 0 Å². The molecule has 0 heterocycles. The second-order valence-corrected chi connectivity index (χ2v) is 4.46. The van der Waals surface area contributed by atoms with Gasteiger partial charge in [-0.1, -0.05) is 6.07 Å². The van der Waals surface area contributed by atoms with E-state index < -0.39 is 0 Å². The molecule has 1 aliphatic rings. The van der Waals surface area contributed by atoms with Crippen LogP contribution in [0.1, 0.15) is 35.6 Å². The molecular formula is C11H11BrN2. The maximum atomic E-state index is 9.04. The Morgan fingerprint density at radius 2 is 2.29 bits per heavy atom. The van der Waals surface area contributed by atoms with Crippen molar-refractivity contribution in [2.45, 2.75) is 25.3 Å². The van der Waals surface area contributed by atoms with Crippen molar-refractivity contribution in [3.05, 3.63) is 33.3 Å². The van der Waals surface area contributed by atoms with Crippen LogP contribution in [-0.4, -0.2) is 0 Å². The highest BCUT2D eigenvalue weighted by atomic mass is 79.9. The van der Waals surface area contributed by atoms with Crippen LogP contribution in [0.5, 0.6) is 0 Å². The topological polar surface area (TPSA) is 49.8 Å². The zero-order chi connectivity index (χ0) is 10.1. The van der Waals surface area contributed by atoms with Crippen LogP contribution in [0.25, 0.3) is 0 Å². The van der Waals surface area contributed by atoms with E-state index in [1.54, 1.807) is 0 Å². The van der Waals surface area contributed by atoms with Gasteiger partial charge in [-0.15, -0.1) is 0 Å². The van der Waals surface area contributed by atoms with Gasteiger partial charge in [-0.2, -0.15) is 5.26 Å². The van der Waals surface area contributed by atoms with E-state index in [0.29, 0.717) is 0 Å². The van der Waals surface area contributed by atoms with Crippen molar-refractivity contribution in [3.8, 4) is 6.07 Å². The molecule has 0 saturated heterocycles. The van der Waals surface area contributed by atoms with Gasteiger partial charge in [0.05, 0.1) is 5.56 Å². The molecular weight excluding hydrogens is 240 g/mol. The number of nitrogens with two attached hydrogens (primary N) is 1. The highest BCUT2D eigenvalue weighted by Crippen LogP contribution is 2.33. The largest absolute Gasteiger partial charge is 0.324 e. The fourth-order valence-corrected chi connectivity index (χ4v) is 2.49. The van der Waals surface area contributed by atoms with Crippen molar-refractivity contribution in [2.24, 2.45) is 5.73 Å². The fourth-order valence-electron chi connectivity index (χ4n) is 2.03. The lowest BCUT2D eigenvalue weighted by Gasteiger charge is -2.23. The summed E-state index contributed by atoms with van der Waals surface area (Å²) in [4.78, 5) is 0. The molecule has 2 rings (SSSR count). The molecule has 0 saturated carbocycles. The first-order valence-corrected chi connectivity index (χ1v) is 5.50. The Balaban J connectivity index is 2.63. The summed E-state index contributed by atoms with van der Waals surface area (Å²) >= 11 is 3.39. The highest BCUT2D eigenvalue weighted by Gasteiger charge is 2.20. The van der Waals surface area contributed by atoms with Crippen molar-refractivity contribution in [3.63, 3.8) is 0 Å². The minimum Gasteiger partial charge on any atom is -0.324 e. The van der Waals surface area contributed by atoms with E-state index in [1.165, 1.54) is 0 Å². The highest BCUT2D eigenvalue weighted by molar-refractivity contribution is 9.10. The summed E-state index contributed by atoms with van der Waals surface area (Å²) in [6.07, 6.45) is 3.09. The molecule has 2 N–H and O–H groups in total. The molecule has 0 aromatic heterocycles. The van der Waals surface area contributed by atoms with E-state index in [1.807, 2.05) is 12.1 Å². The Bertz CT molecular complexity index is 406. The van der Waals surface area contributed by atoms with Crippen molar-refractivity contribution < 1.29 is 0 Å². The van der Waals surface area contributed by atoms with Crippen molar-refractivity contribution in [1.82, 2.24) is 0 Å². The van der Waals surface area contributed by atoms with Gasteiger partial charge in [-0.25, -0.2) is 0 Å². The summed E-state index contributed by atoms with van der Waals surface area (Å²) in [5.41, 5.74) is 9.05. The summed E-state index contributed by atoms with van der Waals surface area (Å²) in [5, 5.41) is 9.04. The third-order valence-electron chi connectivity index (χ3n) is 2.75. The number of hydrogen-bond donors (Lipinski definition) is 1. The minimum atomic E-state index is 0.110. The van der Waals surface area contributed by atoms with E-state index in [0.717, 1.165) is 40.4 Å². The van der Waals surface area contributed by atoms with Gasteiger partial charge in [0.1, 0.15) is 6.07 Å². The number of rotatable bonds is 0. The van der Waals surface area contributed by atoms with Gasteiger partial charge in [-0.05, 0) is 52.4 Å². The molecule has 0 fully saturated rings. The minimum absolute atomic E-state index is 0.110. The summed E-state index contributed by atoms with van der Waals surface area (Å²) in [6.45, 7) is 0. The zero-order valence-electron chi connectivity index (χ0n) is 7.76. The molecule has 0 bridgehead atoms. The van der Waals surface area contributed by atoms with Crippen molar-refractivity contribution >= 4 is 15.9 Å². The fraction of sp³-hybridized carbons (Fsp3) is 0.364. The predicted molar refractivity (Wildman–Crippen MR) is 58.7 cm³/mol. The van der Waals surface area contributed by atoms with Crippen molar-refractivity contribution in [2.75, 3.05) is 0 Å². The number of nitriles is 1. The van der Waals surface area contributed by atoms with E-state index in [9.17, 15) is 0 Å². The lowest BCUT2D eigenvalue weighted by atomic mass is 9.85. The molecule has 0 spiro atoms. The van der Waals surface area contributed by atoms with Crippen LogP contribution in [0, 0.1) is 11.3 Å². The standard InChI is InChI=1S/C11H11BrN2/c12-10-5-4-8-7(9(10)6-13)2-1-3-11(8)14/h4-5,11H,1-3,14H2/t11-/m1/s1. The normalized spacial score (nSPS) is 19.9. The van der Waals surface area contributed by atoms with Gasteiger partial charge in [0.2, 0.25) is 0 Å². The smallest absolute Gasteiger partial charge is 0.101 e. The molecule has 3 heteroatoms. The number of halogens is 1. The van der Waals surface area contributed by atoms with Gasteiger partial charge in [0, 0.05) is 10.5 Å². The summed E-state index contributed by atoms with van der Waals surface area (Å²) in [6, 6.07) is 6.30. The van der Waals surface area contributed by atoms with E-state index in [4.69, 9.17) is 11.0 Å². The second-order valence-electron chi connectivity index (χ2n) is 3.60. The number of fused-ring (bicyclic) bond motifs is 1. The molecule has 0 radical (unpaired) electrons. The van der Waals surface area contributed by atoms with Gasteiger partial charge in [-0.3, -0.25) is 0 Å². The van der Waals surface area contributed by atoms with Crippen LogP contribution in [-0.2, 0) is 6.42 Å². The zero-order valence-corrected chi connectivity index (χ0v) is 9.34. The Morgan fingerprint density at radius 1 is 1.50 bits per heavy atom. The number of nitrogens with zero attached hydrogens (tertiary/aromatic N) is 1. The molecule has 1 aliphatic carbocycles. The average molecular weight is 251 g/mol. The third kappa shape index (κ3) is 1.45. The maximum Gasteiger partial charge on any atom is 0.101 e. The van der Waals surface area contributed by atoms with Gasteiger partial charge >= 0.3 is 0 Å². The summed E-state index contributed by atoms with van der Waals surface area (Å²) < 4.78 is 0.882. The van der Waals surface area contributed by atoms with Crippen LogP contribution in [0.4, 0.5) is 0 Å². The first-order chi connectivity index (χ1) is 6.74. The van der Waals surface area contributed by atoms with Gasteiger partial charge in [0.25, 0.3) is 0 Å². The van der Waals surface area contributed by atoms with E-state index in [-0.39, 0.29) is 6.04 Å². The lowest BCUT2D eigenvalue weighted by Crippen LogP contribution is -2.18. The van der Waals surface area contributed by atoms with Crippen LogP contribution in [0.15, 0.2) is 16.6 Å². The van der Waals surface area contributed by atoms with Gasteiger partial charge < -0.3 is 5.73 Å². The predicted octanol–water partition coefficient (Wildman–Crippen LogP) is 2.66. The summed E-state index contributed by atoms with van der Waals surface area (Å²) in [7, 11) is 0. The van der Waals surface area contributed by atoms with E-state index >= 15 is 0 Å². The monoisotopic (exact) mass is 250 g/mol. The van der Waals surface area contributed by atoms with Crippen LogP contribution < -0.4 is 5.73 Å². The number of hydrogen-bond acceptors (Lipinski definition) is 2. The third-order valence-corrected chi connectivity index (χ3v) is 3.41. The van der Waals surface area contributed by atoms with Crippen LogP contribution >= 0.6 is 15.9 Å². The first-order valence-electron chi connectivity index (χ1n) is 4.71. The van der Waals surface area contributed by atoms with Crippen LogP contribution in [0.3, 0.4) is 0 Å². The second kappa shape index (κ2) is 3.72. The Kier molecular flexibility index (Phi) is 2.58. The Labute approximate surface area is 91.9 Å². The average Bonchev–Trinajstić information content (AvgIpc) is 2.18. The molecule has 72 valence electrons. The van der Waals surface area contributed by atoms with Crippen molar-refractivity contribution in [1.29, 1.82) is 5.26 Å². The molecule has 0 unspecified atom stereocenters. The Hall–Kier alpha value is -0.850. The maximum absolute atomic E-state index is 9.04. The molecule has 1 aromatic rings. The molecule has 2 nitrogen and oxygen atoms in total. The SMILES string of the molecule is N#Cc1c(Br)ccc2c1CCC[C@H]2N. The lowest BCUT2D eigenvalue weighted by molar-refractivity contribution is 0.569. The molecule has 14 heavy (non-hydrogen) atoms. The quantitative estimate of drug-likeness (QED) is 0.770. The van der Waals surface area contributed by atoms with Crippen LogP contribution in [0.2, 0.25) is 0 Å². The summed E-state index contributed by atoms with van der Waals surface area (Å²) in [5.74, 6) is 0. The molecule has 0 amide bonds. The number of benzene rings is 1.